The maximum atomic E-state index is 13.6. The van der Waals surface area contributed by atoms with E-state index in [0.717, 1.165) is 0 Å². The zero-order valence-electron chi connectivity index (χ0n) is 13.6. The molecular formula is C18H17FN2O4. The van der Waals surface area contributed by atoms with Crippen molar-refractivity contribution in [1.82, 2.24) is 0 Å². The Morgan fingerprint density at radius 1 is 1.16 bits per heavy atom. The van der Waals surface area contributed by atoms with E-state index >= 15 is 0 Å². The molecule has 0 aliphatic carbocycles. The van der Waals surface area contributed by atoms with E-state index in [0.29, 0.717) is 17.2 Å². The summed E-state index contributed by atoms with van der Waals surface area (Å²) >= 11 is 0. The third kappa shape index (κ3) is 3.88. The van der Waals surface area contributed by atoms with Gasteiger partial charge in [0, 0.05) is 31.6 Å². The van der Waals surface area contributed by atoms with Crippen LogP contribution in [0.25, 0.3) is 0 Å². The Hall–Kier alpha value is -3.09. The molecule has 0 atom stereocenters. The Bertz CT molecular complexity index is 809. The molecule has 2 aromatic rings. The van der Waals surface area contributed by atoms with E-state index in [1.54, 1.807) is 30.3 Å². The van der Waals surface area contributed by atoms with Crippen molar-refractivity contribution >= 4 is 23.2 Å². The minimum absolute atomic E-state index is 0.0301. The molecule has 0 unspecified atom stereocenters. The predicted molar refractivity (Wildman–Crippen MR) is 90.2 cm³/mol. The number of benzene rings is 2. The molecule has 2 amide bonds. The summed E-state index contributed by atoms with van der Waals surface area (Å²) in [5.74, 6) is 0.0776. The van der Waals surface area contributed by atoms with Crippen LogP contribution in [0.2, 0.25) is 0 Å². The van der Waals surface area contributed by atoms with Gasteiger partial charge in [0.15, 0.2) is 11.5 Å². The molecule has 0 aromatic heterocycles. The van der Waals surface area contributed by atoms with Crippen molar-refractivity contribution in [3.63, 3.8) is 0 Å². The standard InChI is InChI=1S/C18H17FN2O4/c1-12(22)21(13-6-7-16-17(10-13)25-11-24-16)9-8-18(23)20-15-5-3-2-4-14(15)19/h2-7,10H,8-9,11H2,1H3,(H,20,23). The first-order chi connectivity index (χ1) is 12.0. The minimum atomic E-state index is -0.505. The van der Waals surface area contributed by atoms with Crippen molar-refractivity contribution in [1.29, 1.82) is 0 Å². The fourth-order valence-electron chi connectivity index (χ4n) is 2.51. The number of hydrogen-bond acceptors (Lipinski definition) is 4. The molecule has 2 aromatic carbocycles. The van der Waals surface area contributed by atoms with E-state index in [1.165, 1.54) is 24.0 Å². The number of anilines is 2. The lowest BCUT2D eigenvalue weighted by molar-refractivity contribution is -0.117. The number of rotatable bonds is 5. The average molecular weight is 344 g/mol. The van der Waals surface area contributed by atoms with Crippen molar-refractivity contribution < 1.29 is 23.5 Å². The molecule has 0 saturated carbocycles. The van der Waals surface area contributed by atoms with Gasteiger partial charge in [-0.3, -0.25) is 9.59 Å². The second-order valence-corrected chi connectivity index (χ2v) is 5.49. The number of fused-ring (bicyclic) bond motifs is 1. The summed E-state index contributed by atoms with van der Waals surface area (Å²) in [6.45, 7) is 1.72. The number of carbonyl (C=O) groups is 2. The summed E-state index contributed by atoms with van der Waals surface area (Å²) < 4.78 is 24.1. The molecule has 0 radical (unpaired) electrons. The van der Waals surface area contributed by atoms with Gasteiger partial charge in [0.2, 0.25) is 18.6 Å². The number of ether oxygens (including phenoxy) is 2. The van der Waals surface area contributed by atoms with Crippen LogP contribution in [-0.2, 0) is 9.59 Å². The highest BCUT2D eigenvalue weighted by molar-refractivity contribution is 5.95. The molecule has 1 aliphatic rings. The number of nitrogens with one attached hydrogen (secondary N) is 1. The first-order valence-corrected chi connectivity index (χ1v) is 7.77. The van der Waals surface area contributed by atoms with E-state index in [2.05, 4.69) is 5.32 Å². The van der Waals surface area contributed by atoms with Gasteiger partial charge in [-0.15, -0.1) is 0 Å². The normalized spacial score (nSPS) is 11.9. The Kier molecular flexibility index (Phi) is 4.83. The van der Waals surface area contributed by atoms with E-state index in [-0.39, 0.29) is 37.3 Å². The lowest BCUT2D eigenvalue weighted by Gasteiger charge is -2.21. The third-order valence-electron chi connectivity index (χ3n) is 3.76. The van der Waals surface area contributed by atoms with Crippen LogP contribution < -0.4 is 19.7 Å². The van der Waals surface area contributed by atoms with Crippen LogP contribution in [0.3, 0.4) is 0 Å². The molecule has 3 rings (SSSR count). The summed E-state index contributed by atoms with van der Waals surface area (Å²) in [5.41, 5.74) is 0.723. The lowest BCUT2D eigenvalue weighted by Crippen LogP contribution is -2.32. The highest BCUT2D eigenvalue weighted by Crippen LogP contribution is 2.35. The Labute approximate surface area is 144 Å². The lowest BCUT2D eigenvalue weighted by atomic mass is 10.2. The van der Waals surface area contributed by atoms with Gasteiger partial charge in [-0.05, 0) is 24.3 Å². The molecule has 0 spiro atoms. The number of para-hydroxylation sites is 1. The van der Waals surface area contributed by atoms with E-state index in [9.17, 15) is 14.0 Å². The topological polar surface area (TPSA) is 67.9 Å². The van der Waals surface area contributed by atoms with E-state index in [1.807, 2.05) is 0 Å². The smallest absolute Gasteiger partial charge is 0.231 e. The molecule has 7 heteroatoms. The quantitative estimate of drug-likeness (QED) is 0.905. The third-order valence-corrected chi connectivity index (χ3v) is 3.76. The van der Waals surface area contributed by atoms with Crippen LogP contribution in [0.1, 0.15) is 13.3 Å². The molecule has 0 fully saturated rings. The molecule has 0 saturated heterocycles. The summed E-state index contributed by atoms with van der Waals surface area (Å²) in [6.07, 6.45) is 0.0301. The predicted octanol–water partition coefficient (Wildman–Crippen LogP) is 2.94. The van der Waals surface area contributed by atoms with Crippen LogP contribution in [0, 0.1) is 5.82 Å². The molecule has 6 nitrogen and oxygen atoms in total. The number of halogens is 1. The second-order valence-electron chi connectivity index (χ2n) is 5.49. The molecular weight excluding hydrogens is 327 g/mol. The first-order valence-electron chi connectivity index (χ1n) is 7.77. The fraction of sp³-hybridized carbons (Fsp3) is 0.222. The van der Waals surface area contributed by atoms with Crippen molar-refractivity contribution in [2.45, 2.75) is 13.3 Å². The van der Waals surface area contributed by atoms with Crippen molar-refractivity contribution in [3.8, 4) is 11.5 Å². The average Bonchev–Trinajstić information content (AvgIpc) is 3.04. The highest BCUT2D eigenvalue weighted by Gasteiger charge is 2.19. The van der Waals surface area contributed by atoms with Gasteiger partial charge in [0.1, 0.15) is 5.82 Å². The summed E-state index contributed by atoms with van der Waals surface area (Å²) in [5, 5.41) is 2.50. The monoisotopic (exact) mass is 344 g/mol. The van der Waals surface area contributed by atoms with Crippen molar-refractivity contribution in [3.05, 3.63) is 48.3 Å². The van der Waals surface area contributed by atoms with E-state index in [4.69, 9.17) is 9.47 Å². The van der Waals surface area contributed by atoms with Crippen LogP contribution in [0.5, 0.6) is 11.5 Å². The molecule has 1 aliphatic heterocycles. The van der Waals surface area contributed by atoms with Gasteiger partial charge in [-0.25, -0.2) is 4.39 Å². The van der Waals surface area contributed by atoms with Gasteiger partial charge in [-0.2, -0.15) is 0 Å². The number of carbonyl (C=O) groups excluding carboxylic acids is 2. The Morgan fingerprint density at radius 3 is 2.68 bits per heavy atom. The van der Waals surface area contributed by atoms with Crippen LogP contribution >= 0.6 is 0 Å². The maximum absolute atomic E-state index is 13.6. The van der Waals surface area contributed by atoms with Crippen molar-refractivity contribution in [2.24, 2.45) is 0 Å². The summed E-state index contributed by atoms with van der Waals surface area (Å²) in [6, 6.07) is 11.1. The Morgan fingerprint density at radius 2 is 1.92 bits per heavy atom. The SMILES string of the molecule is CC(=O)N(CCC(=O)Nc1ccccc1F)c1ccc2c(c1)OCO2. The maximum Gasteiger partial charge on any atom is 0.231 e. The van der Waals surface area contributed by atoms with E-state index < -0.39 is 5.82 Å². The second kappa shape index (κ2) is 7.21. The highest BCUT2D eigenvalue weighted by atomic mass is 19.1. The van der Waals surface area contributed by atoms with Gasteiger partial charge in [0.05, 0.1) is 5.69 Å². The number of hydrogen-bond donors (Lipinski definition) is 1. The molecule has 130 valence electrons. The number of nitrogens with zero attached hydrogens (tertiary/aromatic N) is 1. The zero-order valence-corrected chi connectivity index (χ0v) is 13.6. The largest absolute Gasteiger partial charge is 0.454 e. The van der Waals surface area contributed by atoms with Crippen molar-refractivity contribution in [2.75, 3.05) is 23.6 Å². The van der Waals surface area contributed by atoms with Gasteiger partial charge in [0.25, 0.3) is 0 Å². The minimum Gasteiger partial charge on any atom is -0.454 e. The first kappa shape index (κ1) is 16.8. The fourth-order valence-corrected chi connectivity index (χ4v) is 2.51. The van der Waals surface area contributed by atoms with Gasteiger partial charge < -0.3 is 19.7 Å². The summed E-state index contributed by atoms with van der Waals surface area (Å²) in [7, 11) is 0. The van der Waals surface area contributed by atoms with Gasteiger partial charge >= 0.3 is 0 Å². The molecule has 25 heavy (non-hydrogen) atoms. The number of amides is 2. The molecule has 1 N–H and O–H groups in total. The Balaban J connectivity index is 1.65. The van der Waals surface area contributed by atoms with Crippen LogP contribution in [0.15, 0.2) is 42.5 Å². The molecule has 1 heterocycles. The molecule has 0 bridgehead atoms. The zero-order chi connectivity index (χ0) is 17.8. The van der Waals surface area contributed by atoms with Gasteiger partial charge in [-0.1, -0.05) is 12.1 Å². The van der Waals surface area contributed by atoms with Crippen LogP contribution in [0.4, 0.5) is 15.8 Å². The van der Waals surface area contributed by atoms with Crippen LogP contribution in [-0.4, -0.2) is 25.2 Å². The summed E-state index contributed by atoms with van der Waals surface area (Å²) in [4.78, 5) is 25.4.